The van der Waals surface area contributed by atoms with Gasteiger partial charge < -0.3 is 5.32 Å². The van der Waals surface area contributed by atoms with Gasteiger partial charge in [-0.1, -0.05) is 61.3 Å². The van der Waals surface area contributed by atoms with E-state index in [0.717, 1.165) is 37.4 Å². The standard InChI is InChI=1S/C24H28ClF3N2O/c1-4-16-13-14-23(2,30(3)15-16)21(17-9-6-5-7-10-17)29-22(31)18-11-8-12-19(20(18)25)24(26,27)28/h5-12,16,21H,4,13-15H2,1-3H3,(H,29,31). The van der Waals surface area contributed by atoms with Crippen LogP contribution >= 0.6 is 11.6 Å². The summed E-state index contributed by atoms with van der Waals surface area (Å²) < 4.78 is 39.8. The van der Waals surface area contributed by atoms with Crippen molar-refractivity contribution in [2.24, 2.45) is 5.92 Å². The van der Waals surface area contributed by atoms with Gasteiger partial charge in [0.2, 0.25) is 0 Å². The zero-order valence-electron chi connectivity index (χ0n) is 18.0. The summed E-state index contributed by atoms with van der Waals surface area (Å²) in [7, 11) is 2.04. The zero-order valence-corrected chi connectivity index (χ0v) is 18.7. The zero-order chi connectivity index (χ0) is 22.8. The largest absolute Gasteiger partial charge is 0.417 e. The highest BCUT2D eigenvalue weighted by Crippen LogP contribution is 2.41. The first-order valence-corrected chi connectivity index (χ1v) is 10.9. The predicted octanol–water partition coefficient (Wildman–Crippen LogP) is 6.34. The van der Waals surface area contributed by atoms with E-state index in [1.54, 1.807) is 0 Å². The van der Waals surface area contributed by atoms with E-state index >= 15 is 0 Å². The minimum atomic E-state index is -4.63. The number of nitrogens with one attached hydrogen (secondary N) is 1. The van der Waals surface area contributed by atoms with Gasteiger partial charge in [0.1, 0.15) is 0 Å². The number of carbonyl (C=O) groups is 1. The molecular weight excluding hydrogens is 425 g/mol. The molecule has 1 heterocycles. The second-order valence-corrected chi connectivity index (χ2v) is 8.91. The summed E-state index contributed by atoms with van der Waals surface area (Å²) in [5.41, 5.74) is -0.671. The Hall–Kier alpha value is -2.05. The van der Waals surface area contributed by atoms with Gasteiger partial charge in [0, 0.05) is 12.1 Å². The molecular formula is C24H28ClF3N2O. The van der Waals surface area contributed by atoms with Crippen molar-refractivity contribution >= 4 is 17.5 Å². The molecule has 31 heavy (non-hydrogen) atoms. The monoisotopic (exact) mass is 452 g/mol. The van der Waals surface area contributed by atoms with Crippen molar-refractivity contribution in [3.05, 3.63) is 70.2 Å². The van der Waals surface area contributed by atoms with Crippen LogP contribution in [0, 0.1) is 5.92 Å². The minimum absolute atomic E-state index is 0.175. The smallest absolute Gasteiger partial charge is 0.343 e. The lowest BCUT2D eigenvalue weighted by molar-refractivity contribution is -0.137. The Labute approximate surface area is 186 Å². The number of carbonyl (C=O) groups excluding carboxylic acids is 1. The number of halogens is 4. The van der Waals surface area contributed by atoms with Gasteiger partial charge in [-0.3, -0.25) is 9.69 Å². The number of piperidine rings is 1. The summed E-state index contributed by atoms with van der Waals surface area (Å²) in [4.78, 5) is 15.4. The Morgan fingerprint density at radius 1 is 1.23 bits per heavy atom. The number of likely N-dealkylation sites (tertiary alicyclic amines) is 1. The third kappa shape index (κ3) is 4.90. The predicted molar refractivity (Wildman–Crippen MR) is 117 cm³/mol. The van der Waals surface area contributed by atoms with Crippen molar-refractivity contribution in [3.8, 4) is 0 Å². The van der Waals surface area contributed by atoms with Crippen LogP contribution in [0.2, 0.25) is 5.02 Å². The first-order chi connectivity index (χ1) is 14.6. The molecule has 1 fully saturated rings. The molecule has 1 aliphatic rings. The molecule has 2 aromatic carbocycles. The van der Waals surface area contributed by atoms with Crippen LogP contribution in [0.5, 0.6) is 0 Å². The normalized spacial score (nSPS) is 23.4. The third-order valence-corrected chi connectivity index (χ3v) is 7.03. The number of amides is 1. The second kappa shape index (κ2) is 9.21. The number of benzene rings is 2. The van der Waals surface area contributed by atoms with E-state index in [0.29, 0.717) is 5.92 Å². The van der Waals surface area contributed by atoms with E-state index in [-0.39, 0.29) is 5.56 Å². The SMILES string of the molecule is CCC1CCC(C)(C(NC(=O)c2cccc(C(F)(F)F)c2Cl)c2ccccc2)N(C)C1. The Bertz CT molecular complexity index is 919. The van der Waals surface area contributed by atoms with Crippen molar-refractivity contribution in [2.45, 2.75) is 50.9 Å². The van der Waals surface area contributed by atoms with Crippen molar-refractivity contribution in [1.29, 1.82) is 0 Å². The molecule has 2 aromatic rings. The maximum absolute atomic E-state index is 13.3. The Morgan fingerprint density at radius 3 is 2.48 bits per heavy atom. The highest BCUT2D eigenvalue weighted by Gasteiger charge is 2.43. The number of hydrogen-bond donors (Lipinski definition) is 1. The summed E-state index contributed by atoms with van der Waals surface area (Å²) in [5.74, 6) is -0.0275. The highest BCUT2D eigenvalue weighted by atomic mass is 35.5. The molecule has 3 atom stereocenters. The van der Waals surface area contributed by atoms with E-state index in [2.05, 4.69) is 24.1 Å². The van der Waals surface area contributed by atoms with E-state index in [1.807, 2.05) is 37.4 Å². The summed E-state index contributed by atoms with van der Waals surface area (Å²) in [6.45, 7) is 5.17. The van der Waals surface area contributed by atoms with Crippen LogP contribution < -0.4 is 5.32 Å². The summed E-state index contributed by atoms with van der Waals surface area (Å²) in [5, 5.41) is 2.43. The van der Waals surface area contributed by atoms with Crippen LogP contribution in [0.25, 0.3) is 0 Å². The number of likely N-dealkylation sites (N-methyl/N-ethyl adjacent to an activating group) is 1. The van der Waals surface area contributed by atoms with Gasteiger partial charge in [-0.15, -0.1) is 0 Å². The summed E-state index contributed by atoms with van der Waals surface area (Å²) in [6.07, 6.45) is -1.65. The van der Waals surface area contributed by atoms with Crippen molar-refractivity contribution in [2.75, 3.05) is 13.6 Å². The number of hydrogen-bond acceptors (Lipinski definition) is 2. The molecule has 0 aliphatic carbocycles. The maximum atomic E-state index is 13.3. The van der Waals surface area contributed by atoms with E-state index in [4.69, 9.17) is 11.6 Å². The molecule has 3 rings (SSSR count). The number of nitrogens with zero attached hydrogens (tertiary/aromatic N) is 1. The van der Waals surface area contributed by atoms with Crippen molar-refractivity contribution in [1.82, 2.24) is 10.2 Å². The Balaban J connectivity index is 1.97. The van der Waals surface area contributed by atoms with Crippen LogP contribution in [-0.4, -0.2) is 29.9 Å². The van der Waals surface area contributed by atoms with E-state index in [1.165, 1.54) is 12.1 Å². The fourth-order valence-electron chi connectivity index (χ4n) is 4.45. The van der Waals surface area contributed by atoms with E-state index in [9.17, 15) is 18.0 Å². The summed E-state index contributed by atoms with van der Waals surface area (Å²) >= 11 is 6.01. The lowest BCUT2D eigenvalue weighted by Gasteiger charge is -2.50. The van der Waals surface area contributed by atoms with Gasteiger partial charge >= 0.3 is 6.18 Å². The highest BCUT2D eigenvalue weighted by molar-refractivity contribution is 6.34. The topological polar surface area (TPSA) is 32.3 Å². The molecule has 3 nitrogen and oxygen atoms in total. The molecule has 3 unspecified atom stereocenters. The van der Waals surface area contributed by atoms with Crippen LogP contribution in [0.1, 0.15) is 60.6 Å². The maximum Gasteiger partial charge on any atom is 0.417 e. The molecule has 7 heteroatoms. The molecule has 0 saturated carbocycles. The van der Waals surface area contributed by atoms with E-state index < -0.39 is 34.3 Å². The van der Waals surface area contributed by atoms with Crippen LogP contribution in [0.4, 0.5) is 13.2 Å². The Morgan fingerprint density at radius 2 is 1.90 bits per heavy atom. The molecule has 1 amide bonds. The van der Waals surface area contributed by atoms with Crippen LogP contribution in [-0.2, 0) is 6.18 Å². The third-order valence-electron chi connectivity index (χ3n) is 6.62. The molecule has 0 bridgehead atoms. The van der Waals surface area contributed by atoms with Crippen molar-refractivity contribution < 1.29 is 18.0 Å². The average Bonchev–Trinajstić information content (AvgIpc) is 2.73. The number of alkyl halides is 3. The molecule has 0 spiro atoms. The first-order valence-electron chi connectivity index (χ1n) is 10.5. The lowest BCUT2D eigenvalue weighted by Crippen LogP contribution is -2.57. The minimum Gasteiger partial charge on any atom is -0.343 e. The molecule has 168 valence electrons. The van der Waals surface area contributed by atoms with Gasteiger partial charge in [-0.05, 0) is 50.4 Å². The molecule has 1 N–H and O–H groups in total. The van der Waals surface area contributed by atoms with Crippen LogP contribution in [0.3, 0.4) is 0 Å². The van der Waals surface area contributed by atoms with Gasteiger partial charge in [0.05, 0.1) is 22.2 Å². The average molecular weight is 453 g/mol. The quantitative estimate of drug-likeness (QED) is 0.574. The first kappa shape index (κ1) is 23.6. The molecule has 0 radical (unpaired) electrons. The number of rotatable bonds is 5. The fraction of sp³-hybridized carbons (Fsp3) is 0.458. The molecule has 1 aliphatic heterocycles. The fourth-order valence-corrected chi connectivity index (χ4v) is 4.77. The van der Waals surface area contributed by atoms with Crippen molar-refractivity contribution in [3.63, 3.8) is 0 Å². The van der Waals surface area contributed by atoms with Gasteiger partial charge in [-0.2, -0.15) is 13.2 Å². The van der Waals surface area contributed by atoms with Gasteiger partial charge in [-0.25, -0.2) is 0 Å². The lowest BCUT2D eigenvalue weighted by atomic mass is 9.75. The van der Waals surface area contributed by atoms with Gasteiger partial charge in [0.15, 0.2) is 0 Å². The molecule has 0 aromatic heterocycles. The molecule has 1 saturated heterocycles. The van der Waals surface area contributed by atoms with Crippen LogP contribution in [0.15, 0.2) is 48.5 Å². The van der Waals surface area contributed by atoms with Gasteiger partial charge in [0.25, 0.3) is 5.91 Å². The summed E-state index contributed by atoms with van der Waals surface area (Å²) in [6, 6.07) is 12.6. The Kier molecular flexibility index (Phi) is 7.01. The second-order valence-electron chi connectivity index (χ2n) is 8.53.